The monoisotopic (exact) mass is 240 g/mol. The summed E-state index contributed by atoms with van der Waals surface area (Å²) in [5.74, 6) is -0.367. The fraction of sp³-hybridized carbons (Fsp3) is 0.182. The molecule has 1 heterocycles. The molecule has 1 aromatic heterocycles. The Morgan fingerprint density at radius 3 is 2.94 bits per heavy atom. The van der Waals surface area contributed by atoms with Crippen molar-refractivity contribution in [2.24, 2.45) is 0 Å². The average molecular weight is 241 g/mol. The van der Waals surface area contributed by atoms with Gasteiger partial charge in [-0.25, -0.2) is 9.37 Å². The van der Waals surface area contributed by atoms with Crippen LogP contribution in [0.5, 0.6) is 0 Å². The second-order valence-corrected chi connectivity index (χ2v) is 3.76. The summed E-state index contributed by atoms with van der Waals surface area (Å²) in [4.78, 5) is 3.82. The number of hydrogen-bond acceptors (Lipinski definition) is 2. The zero-order valence-electron chi connectivity index (χ0n) is 8.35. The standard InChI is InChI=1S/C11H10ClFN2O/c12-11-14-4-5-15(11)7-10(16)8-2-1-3-9(13)6-8/h1-6,10,16H,7H2. The summed E-state index contributed by atoms with van der Waals surface area (Å²) in [6.45, 7) is 0.252. The number of aromatic nitrogens is 2. The van der Waals surface area contributed by atoms with Crippen molar-refractivity contribution in [3.63, 3.8) is 0 Å². The fourth-order valence-electron chi connectivity index (χ4n) is 1.45. The van der Waals surface area contributed by atoms with Gasteiger partial charge in [0.05, 0.1) is 12.6 Å². The smallest absolute Gasteiger partial charge is 0.202 e. The van der Waals surface area contributed by atoms with Crippen LogP contribution in [0.2, 0.25) is 5.28 Å². The first-order valence-electron chi connectivity index (χ1n) is 4.77. The zero-order valence-corrected chi connectivity index (χ0v) is 9.10. The van der Waals surface area contributed by atoms with Crippen LogP contribution in [0.1, 0.15) is 11.7 Å². The van der Waals surface area contributed by atoms with Crippen LogP contribution in [0.3, 0.4) is 0 Å². The van der Waals surface area contributed by atoms with Crippen molar-refractivity contribution in [1.29, 1.82) is 0 Å². The van der Waals surface area contributed by atoms with Crippen LogP contribution in [-0.2, 0) is 6.54 Å². The molecular formula is C11H10ClFN2O. The summed E-state index contributed by atoms with van der Waals surface area (Å²) in [7, 11) is 0. The lowest BCUT2D eigenvalue weighted by atomic mass is 10.1. The Balaban J connectivity index is 2.14. The number of aliphatic hydroxyl groups excluding tert-OH is 1. The van der Waals surface area contributed by atoms with Gasteiger partial charge in [0.15, 0.2) is 0 Å². The van der Waals surface area contributed by atoms with Crippen LogP contribution in [-0.4, -0.2) is 14.7 Å². The molecule has 2 rings (SSSR count). The molecule has 0 amide bonds. The molecule has 0 bridgehead atoms. The van der Waals surface area contributed by atoms with E-state index in [4.69, 9.17) is 11.6 Å². The minimum atomic E-state index is -0.803. The summed E-state index contributed by atoms with van der Waals surface area (Å²) in [6.07, 6.45) is 2.40. The molecule has 0 spiro atoms. The fourth-order valence-corrected chi connectivity index (χ4v) is 1.63. The summed E-state index contributed by atoms with van der Waals surface area (Å²) in [6, 6.07) is 5.86. The Bertz CT molecular complexity index is 486. The second-order valence-electron chi connectivity index (χ2n) is 3.42. The highest BCUT2D eigenvalue weighted by Crippen LogP contribution is 2.17. The van der Waals surface area contributed by atoms with E-state index < -0.39 is 6.10 Å². The van der Waals surface area contributed by atoms with E-state index in [2.05, 4.69) is 4.98 Å². The van der Waals surface area contributed by atoms with E-state index in [1.54, 1.807) is 29.1 Å². The lowest BCUT2D eigenvalue weighted by Crippen LogP contribution is -2.08. The first-order valence-corrected chi connectivity index (χ1v) is 5.15. The van der Waals surface area contributed by atoms with Crippen molar-refractivity contribution in [3.05, 3.63) is 53.3 Å². The molecule has 0 saturated carbocycles. The van der Waals surface area contributed by atoms with Crippen molar-refractivity contribution >= 4 is 11.6 Å². The lowest BCUT2D eigenvalue weighted by molar-refractivity contribution is 0.156. The number of rotatable bonds is 3. The predicted octanol–water partition coefficient (Wildman–Crippen LogP) is 2.41. The maximum Gasteiger partial charge on any atom is 0.202 e. The molecule has 1 unspecified atom stereocenters. The van der Waals surface area contributed by atoms with Crippen molar-refractivity contribution in [2.75, 3.05) is 0 Å². The topological polar surface area (TPSA) is 38.0 Å². The highest BCUT2D eigenvalue weighted by Gasteiger charge is 2.10. The van der Waals surface area contributed by atoms with E-state index in [1.165, 1.54) is 12.1 Å². The summed E-state index contributed by atoms with van der Waals surface area (Å²) in [5.41, 5.74) is 0.518. The van der Waals surface area contributed by atoms with Gasteiger partial charge in [-0.15, -0.1) is 0 Å². The third kappa shape index (κ3) is 2.40. The maximum absolute atomic E-state index is 12.9. The highest BCUT2D eigenvalue weighted by atomic mass is 35.5. The van der Waals surface area contributed by atoms with Gasteiger partial charge in [0.2, 0.25) is 5.28 Å². The molecule has 0 aliphatic rings. The molecule has 0 saturated heterocycles. The second kappa shape index (κ2) is 4.63. The van der Waals surface area contributed by atoms with Gasteiger partial charge in [0.1, 0.15) is 5.82 Å². The average Bonchev–Trinajstić information content (AvgIpc) is 2.64. The van der Waals surface area contributed by atoms with Gasteiger partial charge in [-0.05, 0) is 29.3 Å². The first kappa shape index (κ1) is 11.1. The molecule has 0 fully saturated rings. The molecule has 84 valence electrons. The van der Waals surface area contributed by atoms with Crippen molar-refractivity contribution < 1.29 is 9.50 Å². The minimum Gasteiger partial charge on any atom is -0.387 e. The number of imidazole rings is 1. The zero-order chi connectivity index (χ0) is 11.5. The number of nitrogens with zero attached hydrogens (tertiary/aromatic N) is 2. The van der Waals surface area contributed by atoms with Gasteiger partial charge >= 0.3 is 0 Å². The maximum atomic E-state index is 12.9. The molecule has 5 heteroatoms. The van der Waals surface area contributed by atoms with Gasteiger partial charge < -0.3 is 9.67 Å². The number of benzene rings is 1. The van der Waals surface area contributed by atoms with Crippen LogP contribution >= 0.6 is 11.6 Å². The summed E-state index contributed by atoms with van der Waals surface area (Å²) >= 11 is 5.77. The van der Waals surface area contributed by atoms with Crippen molar-refractivity contribution in [1.82, 2.24) is 9.55 Å². The van der Waals surface area contributed by atoms with E-state index in [9.17, 15) is 9.50 Å². The Hall–Kier alpha value is -1.39. The first-order chi connectivity index (χ1) is 7.66. The number of halogens is 2. The van der Waals surface area contributed by atoms with Crippen LogP contribution < -0.4 is 0 Å². The third-order valence-corrected chi connectivity index (χ3v) is 2.58. The van der Waals surface area contributed by atoms with E-state index in [-0.39, 0.29) is 12.4 Å². The summed E-state index contributed by atoms with van der Waals surface area (Å²) < 4.78 is 14.5. The van der Waals surface area contributed by atoms with Crippen LogP contribution in [0.25, 0.3) is 0 Å². The highest BCUT2D eigenvalue weighted by molar-refractivity contribution is 6.28. The van der Waals surface area contributed by atoms with Crippen LogP contribution in [0.15, 0.2) is 36.7 Å². The molecular weight excluding hydrogens is 231 g/mol. The number of hydrogen-bond donors (Lipinski definition) is 1. The van der Waals surface area contributed by atoms with E-state index >= 15 is 0 Å². The lowest BCUT2D eigenvalue weighted by Gasteiger charge is -2.12. The van der Waals surface area contributed by atoms with Crippen molar-refractivity contribution in [3.8, 4) is 0 Å². The largest absolute Gasteiger partial charge is 0.387 e. The minimum absolute atomic E-state index is 0.252. The predicted molar refractivity (Wildman–Crippen MR) is 58.6 cm³/mol. The molecule has 3 nitrogen and oxygen atoms in total. The molecule has 1 aromatic carbocycles. The van der Waals surface area contributed by atoms with Gasteiger partial charge in [0.25, 0.3) is 0 Å². The Morgan fingerprint density at radius 2 is 2.31 bits per heavy atom. The number of aliphatic hydroxyl groups is 1. The summed E-state index contributed by atoms with van der Waals surface area (Å²) in [5, 5.41) is 10.2. The molecule has 1 N–H and O–H groups in total. The Labute approximate surface area is 97.1 Å². The van der Waals surface area contributed by atoms with Gasteiger partial charge in [-0.2, -0.15) is 0 Å². The molecule has 16 heavy (non-hydrogen) atoms. The van der Waals surface area contributed by atoms with Gasteiger partial charge in [-0.1, -0.05) is 12.1 Å². The van der Waals surface area contributed by atoms with E-state index in [0.29, 0.717) is 10.8 Å². The molecule has 0 aliphatic carbocycles. The normalized spacial score (nSPS) is 12.7. The quantitative estimate of drug-likeness (QED) is 0.895. The van der Waals surface area contributed by atoms with Crippen LogP contribution in [0.4, 0.5) is 4.39 Å². The van der Waals surface area contributed by atoms with E-state index in [0.717, 1.165) is 0 Å². The third-order valence-electron chi connectivity index (χ3n) is 2.27. The van der Waals surface area contributed by atoms with Gasteiger partial charge in [0, 0.05) is 12.4 Å². The molecule has 2 aromatic rings. The molecule has 1 atom stereocenters. The van der Waals surface area contributed by atoms with Crippen LogP contribution in [0, 0.1) is 5.82 Å². The SMILES string of the molecule is OC(Cn1ccnc1Cl)c1cccc(F)c1. The molecule has 0 radical (unpaired) electrons. The Kier molecular flexibility index (Phi) is 3.22. The van der Waals surface area contributed by atoms with E-state index in [1.807, 2.05) is 0 Å². The molecule has 0 aliphatic heterocycles. The van der Waals surface area contributed by atoms with Crippen molar-refractivity contribution in [2.45, 2.75) is 12.6 Å². The van der Waals surface area contributed by atoms with Gasteiger partial charge in [-0.3, -0.25) is 0 Å². The Morgan fingerprint density at radius 1 is 1.50 bits per heavy atom.